The van der Waals surface area contributed by atoms with Crippen LogP contribution in [-0.2, 0) is 4.43 Å². The largest absolute Gasteiger partial charge is 0.497 e. The number of nitrogens with one attached hydrogen (secondary N) is 1. The molecule has 0 fully saturated rings. The third-order valence-corrected chi connectivity index (χ3v) is 9.35. The molecule has 0 spiro atoms. The summed E-state index contributed by atoms with van der Waals surface area (Å²) < 4.78 is 17.2. The van der Waals surface area contributed by atoms with Crippen molar-refractivity contribution < 1.29 is 13.9 Å². The van der Waals surface area contributed by atoms with Gasteiger partial charge < -0.3 is 19.2 Å². The van der Waals surface area contributed by atoms with Crippen molar-refractivity contribution in [3.05, 3.63) is 30.9 Å². The Labute approximate surface area is 148 Å². The number of anilines is 1. The van der Waals surface area contributed by atoms with E-state index in [0.29, 0.717) is 0 Å². The maximum absolute atomic E-state index is 6.49. The summed E-state index contributed by atoms with van der Waals surface area (Å²) >= 11 is 0. The lowest BCUT2D eigenvalue weighted by Gasteiger charge is -2.40. The average Bonchev–Trinajstić information content (AvgIpc) is 2.50. The first kappa shape index (κ1) is 20.6. The lowest BCUT2D eigenvalue weighted by molar-refractivity contribution is 0.191. The van der Waals surface area contributed by atoms with Crippen molar-refractivity contribution in [2.24, 2.45) is 0 Å². The van der Waals surface area contributed by atoms with Gasteiger partial charge in [-0.25, -0.2) is 0 Å². The highest BCUT2D eigenvalue weighted by Crippen LogP contribution is 2.38. The number of ether oxygens (including phenoxy) is 2. The summed E-state index contributed by atoms with van der Waals surface area (Å²) in [6.45, 7) is 17.3. The van der Waals surface area contributed by atoms with Gasteiger partial charge in [-0.2, -0.15) is 0 Å². The molecular weight excluding hydrogens is 318 g/mol. The Morgan fingerprint density at radius 3 is 2.25 bits per heavy atom. The molecule has 1 aromatic carbocycles. The first-order chi connectivity index (χ1) is 11.1. The van der Waals surface area contributed by atoms with Crippen LogP contribution in [0.25, 0.3) is 0 Å². The Morgan fingerprint density at radius 1 is 1.17 bits per heavy atom. The van der Waals surface area contributed by atoms with E-state index in [9.17, 15) is 0 Å². The highest BCUT2D eigenvalue weighted by atomic mass is 28.4. The molecule has 1 aromatic rings. The molecule has 1 N–H and O–H groups in total. The van der Waals surface area contributed by atoms with E-state index in [2.05, 4.69) is 52.7 Å². The molecular formula is C19H33NO3Si. The first-order valence-corrected chi connectivity index (χ1v) is 11.3. The number of methoxy groups -OCH3 is 2. The van der Waals surface area contributed by atoms with Crippen LogP contribution in [0.3, 0.4) is 0 Å². The number of rotatable bonds is 8. The fourth-order valence-electron chi connectivity index (χ4n) is 2.18. The Kier molecular flexibility index (Phi) is 6.93. The summed E-state index contributed by atoms with van der Waals surface area (Å²) in [5.74, 6) is 1.50. The second-order valence-corrected chi connectivity index (χ2v) is 12.3. The van der Waals surface area contributed by atoms with Crippen LogP contribution < -0.4 is 14.8 Å². The quantitative estimate of drug-likeness (QED) is 0.524. The molecule has 5 heteroatoms. The van der Waals surface area contributed by atoms with Crippen LogP contribution in [0.5, 0.6) is 11.5 Å². The monoisotopic (exact) mass is 351 g/mol. The van der Waals surface area contributed by atoms with Crippen molar-refractivity contribution in [2.75, 3.05) is 19.5 Å². The zero-order chi connectivity index (χ0) is 18.5. The Morgan fingerprint density at radius 2 is 1.79 bits per heavy atom. The SMILES string of the molecule is C=C[C@H](Nc1ccc(OC)cc1OC)[C@H](C)O[Si](C)(C)C(C)(C)C. The normalized spacial score (nSPS) is 14.7. The molecule has 0 aromatic heterocycles. The van der Waals surface area contributed by atoms with E-state index >= 15 is 0 Å². The summed E-state index contributed by atoms with van der Waals surface area (Å²) in [5, 5.41) is 3.64. The van der Waals surface area contributed by atoms with E-state index in [-0.39, 0.29) is 17.2 Å². The summed E-state index contributed by atoms with van der Waals surface area (Å²) in [7, 11) is 1.45. The van der Waals surface area contributed by atoms with Gasteiger partial charge in [-0.15, -0.1) is 6.58 Å². The minimum absolute atomic E-state index is 0.00944. The molecule has 0 saturated heterocycles. The minimum Gasteiger partial charge on any atom is -0.497 e. The summed E-state index contributed by atoms with van der Waals surface area (Å²) in [4.78, 5) is 0. The molecule has 4 nitrogen and oxygen atoms in total. The maximum atomic E-state index is 6.49. The molecule has 0 unspecified atom stereocenters. The van der Waals surface area contributed by atoms with Crippen molar-refractivity contribution in [2.45, 2.75) is 58.0 Å². The summed E-state index contributed by atoms with van der Waals surface area (Å²) in [6.07, 6.45) is 1.90. The fourth-order valence-corrected chi connectivity index (χ4v) is 3.61. The van der Waals surface area contributed by atoms with E-state index in [1.54, 1.807) is 14.2 Å². The lowest BCUT2D eigenvalue weighted by Crippen LogP contribution is -2.47. The topological polar surface area (TPSA) is 39.7 Å². The van der Waals surface area contributed by atoms with Crippen molar-refractivity contribution in [3.63, 3.8) is 0 Å². The Bertz CT molecular complexity index is 552. The van der Waals surface area contributed by atoms with Crippen molar-refractivity contribution >= 4 is 14.0 Å². The van der Waals surface area contributed by atoms with Gasteiger partial charge in [0.25, 0.3) is 0 Å². The fraction of sp³-hybridized carbons (Fsp3) is 0.579. The van der Waals surface area contributed by atoms with Crippen LogP contribution >= 0.6 is 0 Å². The van der Waals surface area contributed by atoms with E-state index < -0.39 is 8.32 Å². The number of hydrogen-bond donors (Lipinski definition) is 1. The first-order valence-electron chi connectivity index (χ1n) is 8.34. The van der Waals surface area contributed by atoms with Gasteiger partial charge in [0.05, 0.1) is 32.1 Å². The second-order valence-electron chi connectivity index (χ2n) is 7.56. The molecule has 0 aliphatic heterocycles. The molecule has 136 valence electrons. The van der Waals surface area contributed by atoms with Gasteiger partial charge in [-0.05, 0) is 37.2 Å². The molecule has 0 bridgehead atoms. The predicted octanol–water partition coefficient (Wildman–Crippen LogP) is 5.08. The minimum atomic E-state index is -1.84. The molecule has 0 radical (unpaired) electrons. The van der Waals surface area contributed by atoms with Gasteiger partial charge in [0.2, 0.25) is 0 Å². The van der Waals surface area contributed by atoms with Crippen LogP contribution in [0.4, 0.5) is 5.69 Å². The number of benzene rings is 1. The number of hydrogen-bond acceptors (Lipinski definition) is 4. The van der Waals surface area contributed by atoms with Crippen LogP contribution in [0.15, 0.2) is 30.9 Å². The highest BCUT2D eigenvalue weighted by molar-refractivity contribution is 6.74. The van der Waals surface area contributed by atoms with Crippen molar-refractivity contribution in [1.82, 2.24) is 0 Å². The molecule has 0 heterocycles. The van der Waals surface area contributed by atoms with Gasteiger partial charge in [0.1, 0.15) is 11.5 Å². The second kappa shape index (κ2) is 8.08. The maximum Gasteiger partial charge on any atom is 0.192 e. The van der Waals surface area contributed by atoms with Crippen molar-refractivity contribution in [3.8, 4) is 11.5 Å². The molecule has 1 rings (SSSR count). The average molecular weight is 352 g/mol. The third-order valence-electron chi connectivity index (χ3n) is 4.78. The van der Waals surface area contributed by atoms with E-state index in [4.69, 9.17) is 13.9 Å². The molecule has 0 amide bonds. The van der Waals surface area contributed by atoms with Crippen LogP contribution in [0, 0.1) is 0 Å². The molecule has 24 heavy (non-hydrogen) atoms. The zero-order valence-electron chi connectivity index (χ0n) is 16.4. The summed E-state index contributed by atoms with van der Waals surface area (Å²) in [6, 6.07) is 5.71. The van der Waals surface area contributed by atoms with Crippen molar-refractivity contribution in [1.29, 1.82) is 0 Å². The van der Waals surface area contributed by atoms with Gasteiger partial charge >= 0.3 is 0 Å². The van der Waals surface area contributed by atoms with Crippen LogP contribution in [0.2, 0.25) is 18.1 Å². The molecule has 0 saturated carbocycles. The Balaban J connectivity index is 2.93. The van der Waals surface area contributed by atoms with E-state index in [0.717, 1.165) is 17.2 Å². The standard InChI is InChI=1S/C19H33NO3Si/c1-10-16(14(2)23-24(8,9)19(3,4)5)20-17-12-11-15(21-6)13-18(17)22-7/h10-14,16,20H,1H2,2-9H3/t14-,16-/m0/s1. The zero-order valence-corrected chi connectivity index (χ0v) is 17.4. The lowest BCUT2D eigenvalue weighted by atomic mass is 10.1. The molecule has 0 aliphatic carbocycles. The Hall–Kier alpha value is -1.46. The smallest absolute Gasteiger partial charge is 0.192 e. The highest BCUT2D eigenvalue weighted by Gasteiger charge is 2.39. The van der Waals surface area contributed by atoms with E-state index in [1.165, 1.54) is 0 Å². The molecule has 0 aliphatic rings. The van der Waals surface area contributed by atoms with Gasteiger partial charge in [-0.3, -0.25) is 0 Å². The van der Waals surface area contributed by atoms with Crippen LogP contribution in [-0.4, -0.2) is 34.7 Å². The van der Waals surface area contributed by atoms with Gasteiger partial charge in [-0.1, -0.05) is 26.8 Å². The predicted molar refractivity (Wildman–Crippen MR) is 105 cm³/mol. The van der Waals surface area contributed by atoms with Gasteiger partial charge in [0, 0.05) is 6.07 Å². The third kappa shape index (κ3) is 5.01. The van der Waals surface area contributed by atoms with Crippen LogP contribution in [0.1, 0.15) is 27.7 Å². The van der Waals surface area contributed by atoms with E-state index in [1.807, 2.05) is 24.3 Å². The summed E-state index contributed by atoms with van der Waals surface area (Å²) in [5.41, 5.74) is 0.897. The van der Waals surface area contributed by atoms with Gasteiger partial charge in [0.15, 0.2) is 8.32 Å². The molecule has 2 atom stereocenters.